The molecule has 1 atom stereocenters. The molecule has 1 aliphatic rings. The van der Waals surface area contributed by atoms with E-state index in [0.29, 0.717) is 12.4 Å². The first-order valence-electron chi connectivity index (χ1n) is 10.2. The lowest BCUT2D eigenvalue weighted by Gasteiger charge is -2.23. The number of aromatic nitrogens is 3. The minimum Gasteiger partial charge on any atom is -0.473 e. The number of hydrogen-bond donors (Lipinski definition) is 2. The molecule has 1 fully saturated rings. The maximum atomic E-state index is 11.0. The Morgan fingerprint density at radius 1 is 1.40 bits per heavy atom. The SMILES string of the molecule is CC(C)c1cnn2c(NCc3cccc([N+](=O)[O-])c3)cc(O[C@@H]3CCCNC3)nc12. The summed E-state index contributed by atoms with van der Waals surface area (Å²) in [5.74, 6) is 1.56. The molecule has 0 unspecified atom stereocenters. The van der Waals surface area contributed by atoms with Crippen molar-refractivity contribution in [3.8, 4) is 5.88 Å². The third-order valence-electron chi connectivity index (χ3n) is 5.23. The van der Waals surface area contributed by atoms with E-state index in [1.807, 2.05) is 18.3 Å². The molecular weight excluding hydrogens is 384 g/mol. The molecule has 2 N–H and O–H groups in total. The Labute approximate surface area is 174 Å². The molecule has 0 bridgehead atoms. The van der Waals surface area contributed by atoms with E-state index in [0.717, 1.165) is 48.5 Å². The Hall–Kier alpha value is -3.20. The third kappa shape index (κ3) is 4.35. The quantitative estimate of drug-likeness (QED) is 0.453. The average Bonchev–Trinajstić information content (AvgIpc) is 3.17. The van der Waals surface area contributed by atoms with Crippen molar-refractivity contribution in [2.75, 3.05) is 18.4 Å². The van der Waals surface area contributed by atoms with E-state index in [1.165, 1.54) is 6.07 Å². The Kier molecular flexibility index (Phi) is 5.80. The van der Waals surface area contributed by atoms with Gasteiger partial charge in [0, 0.05) is 36.9 Å². The normalized spacial score (nSPS) is 16.7. The first-order valence-corrected chi connectivity index (χ1v) is 10.2. The zero-order chi connectivity index (χ0) is 21.1. The molecule has 3 heterocycles. The number of nitrogens with zero attached hydrogens (tertiary/aromatic N) is 4. The van der Waals surface area contributed by atoms with Crippen LogP contribution in [0.4, 0.5) is 11.5 Å². The second kappa shape index (κ2) is 8.66. The van der Waals surface area contributed by atoms with Crippen molar-refractivity contribution in [2.24, 2.45) is 0 Å². The van der Waals surface area contributed by atoms with E-state index < -0.39 is 0 Å². The average molecular weight is 410 g/mol. The largest absolute Gasteiger partial charge is 0.473 e. The van der Waals surface area contributed by atoms with Crippen LogP contribution in [0.25, 0.3) is 5.65 Å². The maximum absolute atomic E-state index is 11.0. The van der Waals surface area contributed by atoms with E-state index in [2.05, 4.69) is 29.6 Å². The van der Waals surface area contributed by atoms with Gasteiger partial charge in [0.25, 0.3) is 5.69 Å². The number of nitrogens with one attached hydrogen (secondary N) is 2. The fourth-order valence-corrected chi connectivity index (χ4v) is 3.61. The molecule has 30 heavy (non-hydrogen) atoms. The number of rotatable bonds is 7. The summed E-state index contributed by atoms with van der Waals surface area (Å²) in [6, 6.07) is 8.44. The van der Waals surface area contributed by atoms with Crippen LogP contribution >= 0.6 is 0 Å². The molecular formula is C21H26N6O3. The molecule has 0 saturated carbocycles. The monoisotopic (exact) mass is 410 g/mol. The van der Waals surface area contributed by atoms with Crippen LogP contribution in [0.1, 0.15) is 43.7 Å². The van der Waals surface area contributed by atoms with Gasteiger partial charge in [-0.05, 0) is 30.9 Å². The van der Waals surface area contributed by atoms with Crippen molar-refractivity contribution >= 4 is 17.2 Å². The molecule has 0 aliphatic carbocycles. The minimum absolute atomic E-state index is 0.0733. The molecule has 3 aromatic rings. The molecule has 0 spiro atoms. The number of piperidine rings is 1. The molecule has 1 saturated heterocycles. The van der Waals surface area contributed by atoms with E-state index in [1.54, 1.807) is 16.6 Å². The smallest absolute Gasteiger partial charge is 0.269 e. The van der Waals surface area contributed by atoms with Crippen molar-refractivity contribution in [1.82, 2.24) is 19.9 Å². The molecule has 9 nitrogen and oxygen atoms in total. The highest BCUT2D eigenvalue weighted by Crippen LogP contribution is 2.26. The number of benzene rings is 1. The molecule has 0 amide bonds. The van der Waals surface area contributed by atoms with Crippen LogP contribution < -0.4 is 15.4 Å². The van der Waals surface area contributed by atoms with Gasteiger partial charge in [-0.2, -0.15) is 14.6 Å². The number of nitro groups is 1. The summed E-state index contributed by atoms with van der Waals surface area (Å²) in [6.07, 6.45) is 3.99. The molecule has 9 heteroatoms. The second-order valence-electron chi connectivity index (χ2n) is 7.84. The van der Waals surface area contributed by atoms with Gasteiger partial charge in [-0.3, -0.25) is 10.1 Å². The van der Waals surface area contributed by atoms with Crippen molar-refractivity contribution in [3.05, 3.63) is 57.8 Å². The van der Waals surface area contributed by atoms with Gasteiger partial charge >= 0.3 is 0 Å². The highest BCUT2D eigenvalue weighted by Gasteiger charge is 2.19. The Bertz CT molecular complexity index is 1040. The maximum Gasteiger partial charge on any atom is 0.269 e. The predicted molar refractivity (Wildman–Crippen MR) is 114 cm³/mol. The first kappa shape index (κ1) is 20.1. The van der Waals surface area contributed by atoms with Crippen LogP contribution in [0.2, 0.25) is 0 Å². The highest BCUT2D eigenvalue weighted by atomic mass is 16.6. The van der Waals surface area contributed by atoms with Crippen LogP contribution in [-0.2, 0) is 6.54 Å². The summed E-state index contributed by atoms with van der Waals surface area (Å²) in [7, 11) is 0. The zero-order valence-electron chi connectivity index (χ0n) is 17.2. The number of ether oxygens (including phenoxy) is 1. The molecule has 1 aliphatic heterocycles. The van der Waals surface area contributed by atoms with Gasteiger partial charge < -0.3 is 15.4 Å². The predicted octanol–water partition coefficient (Wildman–Crippen LogP) is 3.50. The number of hydrogen-bond acceptors (Lipinski definition) is 7. The van der Waals surface area contributed by atoms with Gasteiger partial charge in [-0.25, -0.2) is 0 Å². The third-order valence-corrected chi connectivity index (χ3v) is 5.23. The summed E-state index contributed by atoms with van der Waals surface area (Å²) >= 11 is 0. The Morgan fingerprint density at radius 3 is 3.00 bits per heavy atom. The lowest BCUT2D eigenvalue weighted by atomic mass is 10.1. The van der Waals surface area contributed by atoms with Crippen molar-refractivity contribution in [2.45, 2.75) is 45.3 Å². The van der Waals surface area contributed by atoms with Gasteiger partial charge in [0.1, 0.15) is 11.9 Å². The Balaban J connectivity index is 1.63. The highest BCUT2D eigenvalue weighted by molar-refractivity contribution is 5.57. The van der Waals surface area contributed by atoms with Crippen LogP contribution in [-0.4, -0.2) is 38.7 Å². The molecule has 0 radical (unpaired) electrons. The lowest BCUT2D eigenvalue weighted by Crippen LogP contribution is -2.37. The summed E-state index contributed by atoms with van der Waals surface area (Å²) in [6.45, 7) is 6.45. The summed E-state index contributed by atoms with van der Waals surface area (Å²) in [5, 5.41) is 22.2. The van der Waals surface area contributed by atoms with E-state index in [9.17, 15) is 10.1 Å². The topological polar surface area (TPSA) is 107 Å². The van der Waals surface area contributed by atoms with E-state index >= 15 is 0 Å². The fourth-order valence-electron chi connectivity index (χ4n) is 3.61. The minimum atomic E-state index is -0.388. The summed E-state index contributed by atoms with van der Waals surface area (Å²) in [5.41, 5.74) is 2.68. The molecule has 2 aromatic heterocycles. The van der Waals surface area contributed by atoms with Crippen molar-refractivity contribution in [3.63, 3.8) is 0 Å². The van der Waals surface area contributed by atoms with E-state index in [4.69, 9.17) is 9.72 Å². The van der Waals surface area contributed by atoms with Gasteiger partial charge in [0.05, 0.1) is 11.1 Å². The van der Waals surface area contributed by atoms with Crippen LogP contribution in [0.3, 0.4) is 0 Å². The number of anilines is 1. The van der Waals surface area contributed by atoms with Crippen LogP contribution in [0, 0.1) is 10.1 Å². The summed E-state index contributed by atoms with van der Waals surface area (Å²) in [4.78, 5) is 15.4. The van der Waals surface area contributed by atoms with Gasteiger partial charge in [-0.1, -0.05) is 26.0 Å². The molecule has 1 aromatic carbocycles. The standard InChI is InChI=1S/C21H26N6O3/c1-14(2)18-13-24-26-19(23-11-15-5-3-6-16(9-15)27(28)29)10-20(25-21(18)26)30-17-7-4-8-22-12-17/h3,5-6,9-10,13-14,17,22-23H,4,7-8,11-12H2,1-2H3/t17-/m1/s1. The van der Waals surface area contributed by atoms with Gasteiger partial charge in [-0.15, -0.1) is 0 Å². The molecule has 158 valence electrons. The second-order valence-corrected chi connectivity index (χ2v) is 7.84. The van der Waals surface area contributed by atoms with Gasteiger partial charge in [0.2, 0.25) is 5.88 Å². The van der Waals surface area contributed by atoms with Crippen LogP contribution in [0.5, 0.6) is 5.88 Å². The zero-order valence-corrected chi connectivity index (χ0v) is 17.2. The van der Waals surface area contributed by atoms with E-state index in [-0.39, 0.29) is 22.6 Å². The van der Waals surface area contributed by atoms with Gasteiger partial charge in [0.15, 0.2) is 5.65 Å². The van der Waals surface area contributed by atoms with Crippen LogP contribution in [0.15, 0.2) is 36.5 Å². The summed E-state index contributed by atoms with van der Waals surface area (Å²) < 4.78 is 7.93. The number of non-ortho nitro benzene ring substituents is 1. The number of nitro benzene ring substituents is 1. The molecule has 4 rings (SSSR count). The van der Waals surface area contributed by atoms with Crippen molar-refractivity contribution in [1.29, 1.82) is 0 Å². The first-order chi connectivity index (χ1) is 14.5. The lowest BCUT2D eigenvalue weighted by molar-refractivity contribution is -0.384. The Morgan fingerprint density at radius 2 is 2.27 bits per heavy atom. The fraction of sp³-hybridized carbons (Fsp3) is 0.429. The van der Waals surface area contributed by atoms with Crippen molar-refractivity contribution < 1.29 is 9.66 Å². The number of fused-ring (bicyclic) bond motifs is 1.